The Morgan fingerprint density at radius 1 is 0.583 bits per heavy atom. The molecule has 0 aromatic carbocycles. The fourth-order valence-electron chi connectivity index (χ4n) is 1.58. The second kappa shape index (κ2) is 5.78. The monoisotopic (exact) mass is 348 g/mol. The molecule has 0 saturated heterocycles. The second-order valence-electron chi connectivity index (χ2n) is 3.59. The van der Waals surface area contributed by atoms with Gasteiger partial charge in [0.25, 0.3) is 5.78 Å². The number of hydrogen-bond donors (Lipinski definition) is 0. The maximum absolute atomic E-state index is 11.6. The molecule has 0 radical (unpaired) electrons. The maximum Gasteiger partial charge on any atom is 0.429 e. The van der Waals surface area contributed by atoms with Gasteiger partial charge in [-0.25, -0.2) is 20.2 Å². The van der Waals surface area contributed by atoms with Gasteiger partial charge in [-0.15, -0.1) is 0 Å². The molecule has 0 unspecified atom stereocenters. The molecule has 0 spiro atoms. The van der Waals surface area contributed by atoms with Crippen molar-refractivity contribution < 1.29 is 34.4 Å². The molecule has 0 bridgehead atoms. The van der Waals surface area contributed by atoms with E-state index in [9.17, 15) is 60.2 Å². The lowest BCUT2D eigenvalue weighted by Gasteiger charge is -2.09. The van der Waals surface area contributed by atoms with Crippen molar-refractivity contribution in [3.63, 3.8) is 0 Å². The Bertz CT molecular complexity index is 791. The number of carbonyl (C=O) groups is 2. The van der Waals surface area contributed by atoms with Gasteiger partial charge in [-0.05, 0) is 0 Å². The molecular formula is C6N6O12. The van der Waals surface area contributed by atoms with Crippen molar-refractivity contribution in [3.05, 3.63) is 73.4 Å². The predicted octanol–water partition coefficient (Wildman–Crippen LogP) is -1.92. The summed E-state index contributed by atoms with van der Waals surface area (Å²) >= 11 is 0. The summed E-state index contributed by atoms with van der Waals surface area (Å²) in [5.41, 5.74) is -8.78. The van der Waals surface area contributed by atoms with Gasteiger partial charge in [0.1, 0.15) is 0 Å². The van der Waals surface area contributed by atoms with Crippen LogP contribution in [0.2, 0.25) is 0 Å². The molecule has 0 fully saturated rings. The SMILES string of the molecule is O=C1C(=O)C([N+](=O)[O-])=C([N+](=O)[O-])C([N+](=O)[O-])=C1N([N+](=O)[O-])[N+](=O)[O-]. The molecule has 0 saturated carbocycles. The van der Waals surface area contributed by atoms with Crippen LogP contribution in [-0.4, -0.2) is 41.5 Å². The van der Waals surface area contributed by atoms with Gasteiger partial charge in [0.2, 0.25) is 15.2 Å². The highest BCUT2D eigenvalue weighted by atomic mass is 16.8. The van der Waals surface area contributed by atoms with Crippen LogP contribution in [-0.2, 0) is 9.59 Å². The molecule has 18 nitrogen and oxygen atoms in total. The summed E-state index contributed by atoms with van der Waals surface area (Å²) in [5, 5.41) is 48.2. The van der Waals surface area contributed by atoms with Crippen LogP contribution in [0.1, 0.15) is 0 Å². The van der Waals surface area contributed by atoms with Crippen molar-refractivity contribution in [1.29, 1.82) is 0 Å². The van der Waals surface area contributed by atoms with Crippen molar-refractivity contribution in [3.8, 4) is 0 Å². The summed E-state index contributed by atoms with van der Waals surface area (Å²) in [5.74, 6) is -4.76. The predicted molar refractivity (Wildman–Crippen MR) is 60.9 cm³/mol. The fraction of sp³-hybridized carbons (Fsp3) is 0. The van der Waals surface area contributed by atoms with Crippen LogP contribution in [0.5, 0.6) is 0 Å². The third-order valence-electron chi connectivity index (χ3n) is 2.37. The van der Waals surface area contributed by atoms with Gasteiger partial charge in [-0.3, -0.25) is 39.9 Å². The smallest absolute Gasteiger partial charge is 0.282 e. The van der Waals surface area contributed by atoms with Gasteiger partial charge < -0.3 is 0 Å². The lowest BCUT2D eigenvalue weighted by Crippen LogP contribution is -2.45. The van der Waals surface area contributed by atoms with Crippen molar-refractivity contribution >= 4 is 11.6 Å². The van der Waals surface area contributed by atoms with E-state index in [4.69, 9.17) is 0 Å². The van der Waals surface area contributed by atoms with Crippen molar-refractivity contribution in [2.24, 2.45) is 0 Å². The molecule has 1 rings (SSSR count). The van der Waals surface area contributed by atoms with E-state index in [1.165, 1.54) is 0 Å². The largest absolute Gasteiger partial charge is 0.429 e. The minimum Gasteiger partial charge on any atom is -0.282 e. The molecule has 1 aliphatic carbocycles. The molecule has 0 aromatic rings. The molecule has 0 heterocycles. The number of hydrogen-bond acceptors (Lipinski definition) is 12. The van der Waals surface area contributed by atoms with E-state index in [-0.39, 0.29) is 0 Å². The topological polar surface area (TPSA) is 253 Å². The van der Waals surface area contributed by atoms with E-state index in [1.54, 1.807) is 0 Å². The zero-order valence-electron chi connectivity index (χ0n) is 10.6. The van der Waals surface area contributed by atoms with Crippen LogP contribution >= 0.6 is 0 Å². The fourth-order valence-corrected chi connectivity index (χ4v) is 1.58. The number of nitrogens with zero attached hydrogens (tertiary/aromatic N) is 6. The van der Waals surface area contributed by atoms with Gasteiger partial charge in [0.15, 0.2) is 0 Å². The third kappa shape index (κ3) is 2.56. The lowest BCUT2D eigenvalue weighted by atomic mass is 10.00. The standard InChI is InChI=1S/C6N6O12/c13-5-3(7(11(21)22)12(23)24)1(8(15)16)2(9(17)18)4(6(5)14)10(19)20. The summed E-state index contributed by atoms with van der Waals surface area (Å²) in [4.78, 5) is 71.3. The van der Waals surface area contributed by atoms with Crippen LogP contribution in [0.15, 0.2) is 22.8 Å². The first kappa shape index (κ1) is 17.7. The molecular weight excluding hydrogens is 348 g/mol. The van der Waals surface area contributed by atoms with Crippen molar-refractivity contribution in [1.82, 2.24) is 5.12 Å². The Balaban J connectivity index is 4.09. The Hall–Kier alpha value is -4.38. The van der Waals surface area contributed by atoms with Gasteiger partial charge in [-0.1, -0.05) is 0 Å². The molecule has 18 heteroatoms. The Morgan fingerprint density at radius 3 is 1.25 bits per heavy atom. The molecule has 0 aromatic heterocycles. The summed E-state index contributed by atoms with van der Waals surface area (Å²) in [6, 6.07) is 0. The highest BCUT2D eigenvalue weighted by molar-refractivity contribution is 6.49. The number of hydrazine groups is 2. The number of carbonyl (C=O) groups excluding carboxylic acids is 2. The quantitative estimate of drug-likeness (QED) is 0.219. The lowest BCUT2D eigenvalue weighted by molar-refractivity contribution is -0.895. The third-order valence-corrected chi connectivity index (χ3v) is 2.37. The summed E-state index contributed by atoms with van der Waals surface area (Å²) in [6.45, 7) is 0. The van der Waals surface area contributed by atoms with Crippen molar-refractivity contribution in [2.75, 3.05) is 0 Å². The van der Waals surface area contributed by atoms with Gasteiger partial charge in [0.05, 0.1) is 14.8 Å². The summed E-state index contributed by atoms with van der Waals surface area (Å²) in [7, 11) is 0. The van der Waals surface area contributed by atoms with E-state index in [0.29, 0.717) is 0 Å². The molecule has 0 aliphatic heterocycles. The number of Topliss-reactive ketones (excluding diaryl/α,β-unsaturated/α-hetero) is 2. The van der Waals surface area contributed by atoms with E-state index in [1.807, 2.05) is 0 Å². The minimum absolute atomic E-state index is 1.40. The summed E-state index contributed by atoms with van der Waals surface area (Å²) < 4.78 is 0. The minimum atomic E-state index is -2.40. The molecule has 0 N–H and O–H groups in total. The number of rotatable bonds is 6. The number of ketones is 2. The second-order valence-corrected chi connectivity index (χ2v) is 3.59. The first-order valence-electron chi connectivity index (χ1n) is 5.03. The van der Waals surface area contributed by atoms with Crippen LogP contribution < -0.4 is 0 Å². The van der Waals surface area contributed by atoms with E-state index in [0.717, 1.165) is 0 Å². The van der Waals surface area contributed by atoms with Gasteiger partial charge >= 0.3 is 28.6 Å². The normalized spacial score (nSPS) is 14.5. The van der Waals surface area contributed by atoms with E-state index >= 15 is 0 Å². The van der Waals surface area contributed by atoms with Crippen LogP contribution in [0.25, 0.3) is 0 Å². The molecule has 24 heavy (non-hydrogen) atoms. The first-order chi connectivity index (χ1) is 10.9. The molecule has 126 valence electrons. The van der Waals surface area contributed by atoms with Crippen molar-refractivity contribution in [2.45, 2.75) is 0 Å². The molecule has 0 amide bonds. The number of nitro groups is 5. The molecule has 1 aliphatic rings. The highest BCUT2D eigenvalue weighted by Gasteiger charge is 2.61. The summed E-state index contributed by atoms with van der Waals surface area (Å²) in [6.07, 6.45) is 0. The van der Waals surface area contributed by atoms with Gasteiger partial charge in [-0.2, -0.15) is 0 Å². The molecule has 0 atom stereocenters. The Kier molecular flexibility index (Phi) is 4.26. The average molecular weight is 348 g/mol. The zero-order valence-corrected chi connectivity index (χ0v) is 10.6. The zero-order chi connectivity index (χ0) is 18.9. The van der Waals surface area contributed by atoms with Crippen LogP contribution in [0.4, 0.5) is 0 Å². The Labute approximate surface area is 125 Å². The first-order valence-corrected chi connectivity index (χ1v) is 5.03. The maximum atomic E-state index is 11.6. The van der Waals surface area contributed by atoms with E-state index < -0.39 is 64.3 Å². The highest BCUT2D eigenvalue weighted by Crippen LogP contribution is 2.29. The van der Waals surface area contributed by atoms with Crippen LogP contribution in [0, 0.1) is 50.6 Å². The Morgan fingerprint density at radius 2 is 0.958 bits per heavy atom. The van der Waals surface area contributed by atoms with Crippen LogP contribution in [0.3, 0.4) is 0 Å². The van der Waals surface area contributed by atoms with E-state index in [2.05, 4.69) is 0 Å². The van der Waals surface area contributed by atoms with Gasteiger partial charge in [0, 0.05) is 0 Å². The number of allylic oxidation sites excluding steroid dienone is 2. The average Bonchev–Trinajstić information content (AvgIpc) is 2.41.